The summed E-state index contributed by atoms with van der Waals surface area (Å²) in [6.07, 6.45) is 9.08. The van der Waals surface area contributed by atoms with E-state index >= 15 is 0 Å². The van der Waals surface area contributed by atoms with Crippen molar-refractivity contribution in [1.82, 2.24) is 15.1 Å². The first kappa shape index (κ1) is 14.5. The summed E-state index contributed by atoms with van der Waals surface area (Å²) in [5.41, 5.74) is 1.03. The third kappa shape index (κ3) is 4.95. The smallest absolute Gasteiger partial charge is 0.147 e. The lowest BCUT2D eigenvalue weighted by Gasteiger charge is -2.08. The van der Waals surface area contributed by atoms with Gasteiger partial charge in [0.05, 0.1) is 17.5 Å². The second-order valence-electron chi connectivity index (χ2n) is 5.39. The van der Waals surface area contributed by atoms with Crippen molar-refractivity contribution in [3.8, 4) is 0 Å². The Morgan fingerprint density at radius 3 is 2.84 bits per heavy atom. The number of hydrogen-bond donors (Lipinski definition) is 1. The number of nitrogens with one attached hydrogen (secondary N) is 1. The van der Waals surface area contributed by atoms with E-state index in [0.29, 0.717) is 25.6 Å². The molecular formula is C13H23N3O2S. The van der Waals surface area contributed by atoms with E-state index in [9.17, 15) is 8.42 Å². The molecule has 1 heterocycles. The minimum Gasteiger partial charge on any atom is -0.311 e. The zero-order valence-electron chi connectivity index (χ0n) is 11.5. The SMILES string of the molecule is CS(=O)(=O)CCCNCc1ccn(C2CCCC2)n1. The maximum Gasteiger partial charge on any atom is 0.147 e. The normalized spacial score (nSPS) is 17.1. The van der Waals surface area contributed by atoms with E-state index in [-0.39, 0.29) is 5.75 Å². The van der Waals surface area contributed by atoms with Gasteiger partial charge in [0.1, 0.15) is 9.84 Å². The lowest BCUT2D eigenvalue weighted by Crippen LogP contribution is -2.18. The summed E-state index contributed by atoms with van der Waals surface area (Å²) < 4.78 is 24.0. The van der Waals surface area contributed by atoms with Gasteiger partial charge in [0.15, 0.2) is 0 Å². The summed E-state index contributed by atoms with van der Waals surface area (Å²) in [6, 6.07) is 2.63. The maximum atomic E-state index is 11.0. The van der Waals surface area contributed by atoms with Crippen LogP contribution in [0.25, 0.3) is 0 Å². The molecule has 0 radical (unpaired) electrons. The van der Waals surface area contributed by atoms with Gasteiger partial charge in [-0.2, -0.15) is 5.10 Å². The summed E-state index contributed by atoms with van der Waals surface area (Å²) in [7, 11) is -2.84. The first-order valence-corrected chi connectivity index (χ1v) is 9.03. The maximum absolute atomic E-state index is 11.0. The zero-order chi connectivity index (χ0) is 13.7. The second kappa shape index (κ2) is 6.52. The Kier molecular flexibility index (Phi) is 4.99. The van der Waals surface area contributed by atoms with E-state index in [2.05, 4.69) is 21.3 Å². The van der Waals surface area contributed by atoms with Gasteiger partial charge in [0.2, 0.25) is 0 Å². The van der Waals surface area contributed by atoms with Crippen LogP contribution in [0, 0.1) is 0 Å². The Morgan fingerprint density at radius 2 is 2.16 bits per heavy atom. The van der Waals surface area contributed by atoms with Gasteiger partial charge in [-0.1, -0.05) is 12.8 Å². The second-order valence-corrected chi connectivity index (χ2v) is 7.65. The van der Waals surface area contributed by atoms with Crippen molar-refractivity contribution in [1.29, 1.82) is 0 Å². The van der Waals surface area contributed by atoms with Crippen LogP contribution in [-0.4, -0.2) is 36.8 Å². The molecule has 1 N–H and O–H groups in total. The Labute approximate surface area is 115 Å². The first-order valence-electron chi connectivity index (χ1n) is 6.97. The average Bonchev–Trinajstić information content (AvgIpc) is 2.97. The Bertz CT molecular complexity index is 490. The molecule has 1 fully saturated rings. The fraction of sp³-hybridized carbons (Fsp3) is 0.769. The predicted molar refractivity (Wildman–Crippen MR) is 75.8 cm³/mol. The molecule has 2 rings (SSSR count). The third-order valence-electron chi connectivity index (χ3n) is 3.54. The van der Waals surface area contributed by atoms with E-state index < -0.39 is 9.84 Å². The first-order chi connectivity index (χ1) is 9.04. The van der Waals surface area contributed by atoms with Gasteiger partial charge in [-0.25, -0.2) is 8.42 Å². The van der Waals surface area contributed by atoms with Crippen LogP contribution in [0.1, 0.15) is 43.8 Å². The molecule has 1 saturated carbocycles. The van der Waals surface area contributed by atoms with Crippen LogP contribution >= 0.6 is 0 Å². The minimum atomic E-state index is -2.84. The van der Waals surface area contributed by atoms with E-state index in [0.717, 1.165) is 5.69 Å². The van der Waals surface area contributed by atoms with Crippen LogP contribution in [0.15, 0.2) is 12.3 Å². The van der Waals surface area contributed by atoms with Crippen molar-refractivity contribution in [2.24, 2.45) is 0 Å². The van der Waals surface area contributed by atoms with E-state index in [1.54, 1.807) is 0 Å². The molecule has 0 unspecified atom stereocenters. The highest BCUT2D eigenvalue weighted by Crippen LogP contribution is 2.28. The molecule has 0 amide bonds. The molecule has 108 valence electrons. The molecule has 1 aromatic rings. The number of nitrogens with zero attached hydrogens (tertiary/aromatic N) is 2. The Morgan fingerprint density at radius 1 is 1.42 bits per heavy atom. The molecule has 0 aromatic carbocycles. The van der Waals surface area contributed by atoms with Crippen molar-refractivity contribution in [3.63, 3.8) is 0 Å². The lowest BCUT2D eigenvalue weighted by atomic mass is 10.3. The van der Waals surface area contributed by atoms with E-state index in [1.165, 1.54) is 31.9 Å². The molecule has 0 spiro atoms. The molecule has 1 aromatic heterocycles. The van der Waals surface area contributed by atoms with Gasteiger partial charge in [-0.15, -0.1) is 0 Å². The summed E-state index contributed by atoms with van der Waals surface area (Å²) in [5.74, 6) is 0.247. The molecule has 0 aliphatic heterocycles. The Balaban J connectivity index is 1.69. The molecule has 0 bridgehead atoms. The molecule has 1 aliphatic rings. The molecule has 0 atom stereocenters. The average molecular weight is 285 g/mol. The molecular weight excluding hydrogens is 262 g/mol. The van der Waals surface area contributed by atoms with Gasteiger partial charge < -0.3 is 5.32 Å². The molecule has 6 heteroatoms. The molecule has 1 aliphatic carbocycles. The quantitative estimate of drug-likeness (QED) is 0.772. The molecule has 0 saturated heterocycles. The lowest BCUT2D eigenvalue weighted by molar-refractivity contribution is 0.461. The highest BCUT2D eigenvalue weighted by molar-refractivity contribution is 7.90. The predicted octanol–water partition coefficient (Wildman–Crippen LogP) is 1.52. The standard InChI is InChI=1S/C13H23N3O2S/c1-19(17,18)10-4-8-14-11-12-7-9-16(15-12)13-5-2-3-6-13/h7,9,13-14H,2-6,8,10-11H2,1H3. The van der Waals surface area contributed by atoms with Crippen LogP contribution in [0.2, 0.25) is 0 Å². The highest BCUT2D eigenvalue weighted by Gasteiger charge is 2.17. The van der Waals surface area contributed by atoms with Crippen molar-refractivity contribution in [2.75, 3.05) is 18.6 Å². The number of hydrogen-bond acceptors (Lipinski definition) is 4. The van der Waals surface area contributed by atoms with Crippen molar-refractivity contribution < 1.29 is 8.42 Å². The van der Waals surface area contributed by atoms with Crippen molar-refractivity contribution in [3.05, 3.63) is 18.0 Å². The van der Waals surface area contributed by atoms with Crippen molar-refractivity contribution >= 4 is 9.84 Å². The zero-order valence-corrected chi connectivity index (χ0v) is 12.3. The van der Waals surface area contributed by atoms with Gasteiger partial charge in [0, 0.05) is 19.0 Å². The van der Waals surface area contributed by atoms with Gasteiger partial charge in [-0.05, 0) is 31.9 Å². The van der Waals surface area contributed by atoms with Crippen LogP contribution in [0.5, 0.6) is 0 Å². The van der Waals surface area contributed by atoms with Gasteiger partial charge in [-0.3, -0.25) is 4.68 Å². The summed E-state index contributed by atoms with van der Waals surface area (Å²) >= 11 is 0. The van der Waals surface area contributed by atoms with Gasteiger partial charge in [0.25, 0.3) is 0 Å². The van der Waals surface area contributed by atoms with Crippen molar-refractivity contribution in [2.45, 2.75) is 44.7 Å². The molecule has 5 nitrogen and oxygen atoms in total. The number of sulfone groups is 1. The summed E-state index contributed by atoms with van der Waals surface area (Å²) in [5, 5.41) is 7.81. The van der Waals surface area contributed by atoms with E-state index in [4.69, 9.17) is 0 Å². The summed E-state index contributed by atoms with van der Waals surface area (Å²) in [6.45, 7) is 1.42. The summed E-state index contributed by atoms with van der Waals surface area (Å²) in [4.78, 5) is 0. The van der Waals surface area contributed by atoms with Crippen LogP contribution in [0.3, 0.4) is 0 Å². The van der Waals surface area contributed by atoms with Crippen LogP contribution < -0.4 is 5.32 Å². The number of rotatable bonds is 7. The molecule has 19 heavy (non-hydrogen) atoms. The van der Waals surface area contributed by atoms with E-state index in [1.807, 2.05) is 6.07 Å². The largest absolute Gasteiger partial charge is 0.311 e. The fourth-order valence-corrected chi connectivity index (χ4v) is 3.19. The number of aromatic nitrogens is 2. The minimum absolute atomic E-state index is 0.247. The van der Waals surface area contributed by atoms with Crippen LogP contribution in [-0.2, 0) is 16.4 Å². The fourth-order valence-electron chi connectivity index (χ4n) is 2.52. The Hall–Kier alpha value is -0.880. The van der Waals surface area contributed by atoms with Gasteiger partial charge >= 0.3 is 0 Å². The third-order valence-corrected chi connectivity index (χ3v) is 4.57. The topological polar surface area (TPSA) is 64.0 Å². The van der Waals surface area contributed by atoms with Crippen LogP contribution in [0.4, 0.5) is 0 Å². The monoisotopic (exact) mass is 285 g/mol. The highest BCUT2D eigenvalue weighted by atomic mass is 32.2.